The standard InChI is InChI=1S/C31H54N4O6/c1-7-8-13-34-31(39)25(21(4)5)18-27(36)26(32)16-23(20(2)3)19-35-30(38)24-12-11-22(29(33)37)17-28(24)41-15-10-9-14-40-6/h11-12,17,20-21,23,25-27,36H,7-10,13-16,18-19,32H2,1-6H3,(H2,33,37)(H,34,39)(H,35,38)/t23-,25+,26+,27+/m1/s1. The monoisotopic (exact) mass is 578 g/mol. The second kappa shape index (κ2) is 19.4. The van der Waals surface area contributed by atoms with Crippen LogP contribution in [0.5, 0.6) is 5.75 Å². The van der Waals surface area contributed by atoms with Gasteiger partial charge in [0.1, 0.15) is 5.75 Å². The van der Waals surface area contributed by atoms with E-state index in [1.807, 2.05) is 27.7 Å². The number of hydrogen-bond acceptors (Lipinski definition) is 7. The van der Waals surface area contributed by atoms with E-state index in [-0.39, 0.29) is 47.5 Å². The average molecular weight is 579 g/mol. The van der Waals surface area contributed by atoms with E-state index in [9.17, 15) is 19.5 Å². The summed E-state index contributed by atoms with van der Waals surface area (Å²) in [5.74, 6) is -0.795. The van der Waals surface area contributed by atoms with Gasteiger partial charge in [-0.1, -0.05) is 41.0 Å². The molecule has 0 aliphatic heterocycles. The maximum Gasteiger partial charge on any atom is 0.255 e. The number of nitrogens with two attached hydrogens (primary N) is 2. The Balaban J connectivity index is 2.85. The number of primary amides is 1. The van der Waals surface area contributed by atoms with Crippen molar-refractivity contribution in [2.45, 2.75) is 85.3 Å². The van der Waals surface area contributed by atoms with Crippen LogP contribution in [0.1, 0.15) is 93.9 Å². The lowest BCUT2D eigenvalue weighted by Crippen LogP contribution is -2.44. The molecule has 1 rings (SSSR count). The number of aliphatic hydroxyl groups is 1. The highest BCUT2D eigenvalue weighted by Crippen LogP contribution is 2.24. The molecule has 0 fully saturated rings. The number of rotatable bonds is 21. The summed E-state index contributed by atoms with van der Waals surface area (Å²) in [7, 11) is 1.63. The highest BCUT2D eigenvalue weighted by atomic mass is 16.5. The minimum atomic E-state index is -0.851. The van der Waals surface area contributed by atoms with Gasteiger partial charge in [-0.2, -0.15) is 0 Å². The Bertz CT molecular complexity index is 939. The van der Waals surface area contributed by atoms with Gasteiger partial charge >= 0.3 is 0 Å². The van der Waals surface area contributed by atoms with Crippen LogP contribution in [0.3, 0.4) is 0 Å². The molecule has 7 N–H and O–H groups in total. The number of benzene rings is 1. The van der Waals surface area contributed by atoms with E-state index >= 15 is 0 Å². The second-order valence-electron chi connectivity index (χ2n) is 11.5. The summed E-state index contributed by atoms with van der Waals surface area (Å²) in [4.78, 5) is 37.6. The fraction of sp³-hybridized carbons (Fsp3) is 0.710. The molecular formula is C31H54N4O6. The largest absolute Gasteiger partial charge is 0.493 e. The fourth-order valence-electron chi connectivity index (χ4n) is 4.57. The van der Waals surface area contributed by atoms with Crippen LogP contribution in [0.25, 0.3) is 0 Å². The van der Waals surface area contributed by atoms with E-state index in [0.29, 0.717) is 44.0 Å². The molecule has 3 amide bonds. The normalized spacial score (nSPS) is 14.4. The number of nitrogens with one attached hydrogen (secondary N) is 2. The van der Waals surface area contributed by atoms with E-state index in [0.717, 1.165) is 25.7 Å². The summed E-state index contributed by atoms with van der Waals surface area (Å²) in [5.41, 5.74) is 12.4. The summed E-state index contributed by atoms with van der Waals surface area (Å²) in [6.45, 7) is 12.0. The van der Waals surface area contributed by atoms with E-state index in [2.05, 4.69) is 17.6 Å². The molecule has 1 aromatic carbocycles. The van der Waals surface area contributed by atoms with Gasteiger partial charge in [0, 0.05) is 44.3 Å². The number of carbonyl (C=O) groups is 3. The SMILES string of the molecule is CCCCNC(=O)[C@@H](C[C@H](O)[C@@H](N)C[C@H](CNC(=O)c1ccc(C(N)=O)cc1OCCCCOC)C(C)C)C(C)C. The van der Waals surface area contributed by atoms with Crippen molar-refractivity contribution in [2.24, 2.45) is 35.1 Å². The minimum Gasteiger partial charge on any atom is -0.493 e. The first-order valence-corrected chi connectivity index (χ1v) is 15.0. The summed E-state index contributed by atoms with van der Waals surface area (Å²) in [5, 5.41) is 16.9. The number of methoxy groups -OCH3 is 1. The molecule has 0 heterocycles. The van der Waals surface area contributed by atoms with Gasteiger partial charge in [0.2, 0.25) is 11.8 Å². The van der Waals surface area contributed by atoms with Crippen LogP contribution in [0.4, 0.5) is 0 Å². The molecule has 10 nitrogen and oxygen atoms in total. The lowest BCUT2D eigenvalue weighted by Gasteiger charge is -2.30. The lowest BCUT2D eigenvalue weighted by atomic mass is 9.83. The van der Waals surface area contributed by atoms with Crippen LogP contribution in [0.15, 0.2) is 18.2 Å². The Kier molecular flexibility index (Phi) is 17.2. The van der Waals surface area contributed by atoms with E-state index in [1.54, 1.807) is 7.11 Å². The zero-order valence-corrected chi connectivity index (χ0v) is 25.9. The van der Waals surface area contributed by atoms with Crippen LogP contribution >= 0.6 is 0 Å². The number of ether oxygens (including phenoxy) is 2. The first kappa shape index (κ1) is 36.3. The molecule has 0 unspecified atom stereocenters. The molecule has 0 saturated carbocycles. The van der Waals surface area contributed by atoms with Crippen molar-refractivity contribution in [3.63, 3.8) is 0 Å². The number of amides is 3. The average Bonchev–Trinajstić information content (AvgIpc) is 2.92. The highest BCUT2D eigenvalue weighted by Gasteiger charge is 2.30. The molecule has 1 aromatic rings. The molecular weight excluding hydrogens is 524 g/mol. The van der Waals surface area contributed by atoms with Gasteiger partial charge in [-0.05, 0) is 68.1 Å². The molecule has 0 aliphatic carbocycles. The van der Waals surface area contributed by atoms with Gasteiger partial charge in [-0.25, -0.2) is 0 Å². The molecule has 0 spiro atoms. The van der Waals surface area contributed by atoms with Crippen molar-refractivity contribution in [1.29, 1.82) is 0 Å². The Labute approximate surface area is 246 Å². The number of aliphatic hydroxyl groups excluding tert-OH is 1. The van der Waals surface area contributed by atoms with E-state index < -0.39 is 18.1 Å². The summed E-state index contributed by atoms with van der Waals surface area (Å²) >= 11 is 0. The van der Waals surface area contributed by atoms with Crippen molar-refractivity contribution in [1.82, 2.24) is 10.6 Å². The smallest absolute Gasteiger partial charge is 0.255 e. The maximum absolute atomic E-state index is 13.2. The molecule has 0 radical (unpaired) electrons. The molecule has 0 bridgehead atoms. The zero-order chi connectivity index (χ0) is 30.9. The van der Waals surface area contributed by atoms with Crippen LogP contribution in [0, 0.1) is 23.7 Å². The Morgan fingerprint density at radius 3 is 2.24 bits per heavy atom. The second-order valence-corrected chi connectivity index (χ2v) is 11.5. The van der Waals surface area contributed by atoms with Gasteiger partial charge in [-0.3, -0.25) is 14.4 Å². The summed E-state index contributed by atoms with van der Waals surface area (Å²) < 4.78 is 10.9. The quantitative estimate of drug-likeness (QED) is 0.140. The zero-order valence-electron chi connectivity index (χ0n) is 25.9. The number of hydrogen-bond donors (Lipinski definition) is 5. The van der Waals surface area contributed by atoms with Crippen molar-refractivity contribution in [3.05, 3.63) is 29.3 Å². The third-order valence-corrected chi connectivity index (χ3v) is 7.51. The predicted molar refractivity (Wildman–Crippen MR) is 162 cm³/mol. The van der Waals surface area contributed by atoms with Gasteiger partial charge in [0.05, 0.1) is 18.3 Å². The Hall–Kier alpha value is -2.69. The first-order valence-electron chi connectivity index (χ1n) is 15.0. The van der Waals surface area contributed by atoms with Crippen LogP contribution in [-0.4, -0.2) is 68.4 Å². The molecule has 0 aromatic heterocycles. The van der Waals surface area contributed by atoms with Crippen LogP contribution < -0.4 is 26.8 Å². The van der Waals surface area contributed by atoms with Crippen molar-refractivity contribution >= 4 is 17.7 Å². The molecule has 0 saturated heterocycles. The Morgan fingerprint density at radius 1 is 0.976 bits per heavy atom. The lowest BCUT2D eigenvalue weighted by molar-refractivity contribution is -0.127. The molecule has 234 valence electrons. The molecule has 4 atom stereocenters. The summed E-state index contributed by atoms with van der Waals surface area (Å²) in [6.07, 6.45) is 3.35. The summed E-state index contributed by atoms with van der Waals surface area (Å²) in [6, 6.07) is 3.98. The third-order valence-electron chi connectivity index (χ3n) is 7.51. The van der Waals surface area contributed by atoms with Gasteiger partial charge in [-0.15, -0.1) is 0 Å². The highest BCUT2D eigenvalue weighted by molar-refractivity contribution is 5.99. The molecule has 10 heteroatoms. The van der Waals surface area contributed by atoms with E-state index in [1.165, 1.54) is 18.2 Å². The van der Waals surface area contributed by atoms with Crippen molar-refractivity contribution in [3.8, 4) is 5.75 Å². The van der Waals surface area contributed by atoms with Crippen LogP contribution in [-0.2, 0) is 9.53 Å². The molecule has 41 heavy (non-hydrogen) atoms. The Morgan fingerprint density at radius 2 is 1.66 bits per heavy atom. The molecule has 0 aliphatic rings. The van der Waals surface area contributed by atoms with Gasteiger partial charge in [0.25, 0.3) is 5.91 Å². The topological polar surface area (TPSA) is 166 Å². The van der Waals surface area contributed by atoms with Crippen molar-refractivity contribution < 1.29 is 29.0 Å². The third kappa shape index (κ3) is 13.2. The number of unbranched alkanes of at least 4 members (excludes halogenated alkanes) is 2. The number of carbonyl (C=O) groups excluding carboxylic acids is 3. The van der Waals surface area contributed by atoms with Gasteiger partial charge < -0.3 is 36.7 Å². The fourth-order valence-corrected chi connectivity index (χ4v) is 4.57. The maximum atomic E-state index is 13.2. The van der Waals surface area contributed by atoms with Gasteiger partial charge in [0.15, 0.2) is 0 Å². The minimum absolute atomic E-state index is 0.0113. The predicted octanol–water partition coefficient (Wildman–Crippen LogP) is 3.25. The van der Waals surface area contributed by atoms with E-state index in [4.69, 9.17) is 20.9 Å². The van der Waals surface area contributed by atoms with Crippen molar-refractivity contribution in [2.75, 3.05) is 33.4 Å². The first-order chi connectivity index (χ1) is 19.4. The van der Waals surface area contributed by atoms with Crippen LogP contribution in [0.2, 0.25) is 0 Å².